The van der Waals surface area contributed by atoms with Crippen molar-refractivity contribution in [1.29, 1.82) is 0 Å². The van der Waals surface area contributed by atoms with E-state index in [1.54, 1.807) is 0 Å². The van der Waals surface area contributed by atoms with Gasteiger partial charge in [0.2, 0.25) is 0 Å². The summed E-state index contributed by atoms with van der Waals surface area (Å²) < 4.78 is 2.92. The lowest BCUT2D eigenvalue weighted by Gasteiger charge is -2.19. The van der Waals surface area contributed by atoms with E-state index in [2.05, 4.69) is 65.4 Å². The Morgan fingerprint density at radius 1 is 1.37 bits per heavy atom. The summed E-state index contributed by atoms with van der Waals surface area (Å²) in [6.07, 6.45) is 1.81. The molecule has 0 saturated heterocycles. The van der Waals surface area contributed by atoms with Crippen LogP contribution in [0.4, 0.5) is 0 Å². The highest BCUT2D eigenvalue weighted by atomic mass is 79.9. The zero-order chi connectivity index (χ0) is 14.0. The van der Waals surface area contributed by atoms with Crippen LogP contribution in [0.1, 0.15) is 35.3 Å². The van der Waals surface area contributed by atoms with Gasteiger partial charge in [-0.15, -0.1) is 0 Å². The summed E-state index contributed by atoms with van der Waals surface area (Å²) in [6, 6.07) is 6.32. The lowest BCUT2D eigenvalue weighted by Crippen LogP contribution is -2.31. The number of nitrogens with two attached hydrogens (primary N) is 1. The third-order valence-corrected chi connectivity index (χ3v) is 4.05. The smallest absolute Gasteiger partial charge is 0.0889 e. The molecular formula is C14H19BrN4. The molecule has 0 spiro atoms. The van der Waals surface area contributed by atoms with Crippen LogP contribution in [-0.2, 0) is 6.54 Å². The van der Waals surface area contributed by atoms with Gasteiger partial charge >= 0.3 is 0 Å². The molecule has 4 nitrogen and oxygen atoms in total. The summed E-state index contributed by atoms with van der Waals surface area (Å²) in [5, 5.41) is 4.34. The van der Waals surface area contributed by atoms with Gasteiger partial charge in [0, 0.05) is 6.54 Å². The Bertz CT molecular complexity index is 577. The SMILES string of the molecule is CCn1ncc(Br)c1C(NN)c1ccc(C)c(C)c1. The van der Waals surface area contributed by atoms with E-state index in [9.17, 15) is 0 Å². The highest BCUT2D eigenvalue weighted by Gasteiger charge is 2.20. The van der Waals surface area contributed by atoms with Gasteiger partial charge < -0.3 is 0 Å². The van der Waals surface area contributed by atoms with Crippen molar-refractivity contribution in [2.24, 2.45) is 5.84 Å². The van der Waals surface area contributed by atoms with E-state index < -0.39 is 0 Å². The number of rotatable bonds is 4. The minimum atomic E-state index is -0.0730. The molecule has 0 aliphatic carbocycles. The fourth-order valence-electron chi connectivity index (χ4n) is 2.19. The van der Waals surface area contributed by atoms with Crippen molar-refractivity contribution in [3.05, 3.63) is 51.3 Å². The van der Waals surface area contributed by atoms with E-state index in [0.29, 0.717) is 0 Å². The first-order valence-corrected chi connectivity index (χ1v) is 7.12. The predicted molar refractivity (Wildman–Crippen MR) is 80.7 cm³/mol. The van der Waals surface area contributed by atoms with E-state index in [1.807, 2.05) is 10.9 Å². The van der Waals surface area contributed by atoms with Gasteiger partial charge in [0.05, 0.1) is 22.4 Å². The molecule has 0 amide bonds. The zero-order valence-corrected chi connectivity index (χ0v) is 13.0. The first kappa shape index (κ1) is 14.2. The van der Waals surface area contributed by atoms with Crippen molar-refractivity contribution < 1.29 is 0 Å². The Morgan fingerprint density at radius 2 is 2.11 bits per heavy atom. The second-order valence-electron chi connectivity index (χ2n) is 4.64. The summed E-state index contributed by atoms with van der Waals surface area (Å²) >= 11 is 3.55. The van der Waals surface area contributed by atoms with Crippen LogP contribution in [0.2, 0.25) is 0 Å². The van der Waals surface area contributed by atoms with Crippen LogP contribution in [0.25, 0.3) is 0 Å². The van der Waals surface area contributed by atoms with E-state index >= 15 is 0 Å². The predicted octanol–water partition coefficient (Wildman–Crippen LogP) is 2.84. The van der Waals surface area contributed by atoms with Crippen molar-refractivity contribution in [1.82, 2.24) is 15.2 Å². The minimum Gasteiger partial charge on any atom is -0.271 e. The molecule has 1 atom stereocenters. The number of aromatic nitrogens is 2. The average Bonchev–Trinajstić information content (AvgIpc) is 2.76. The Morgan fingerprint density at radius 3 is 2.68 bits per heavy atom. The maximum absolute atomic E-state index is 5.76. The number of nitrogens with zero attached hydrogens (tertiary/aromatic N) is 2. The molecule has 19 heavy (non-hydrogen) atoms. The Hall–Kier alpha value is -1.17. The molecular weight excluding hydrogens is 304 g/mol. The normalized spacial score (nSPS) is 12.7. The molecule has 0 aliphatic heterocycles. The van der Waals surface area contributed by atoms with E-state index in [-0.39, 0.29) is 6.04 Å². The summed E-state index contributed by atoms with van der Waals surface area (Å²) in [6.45, 7) is 7.09. The number of hydrogen-bond donors (Lipinski definition) is 2. The van der Waals surface area contributed by atoms with E-state index in [1.165, 1.54) is 11.1 Å². The first-order valence-electron chi connectivity index (χ1n) is 6.33. The van der Waals surface area contributed by atoms with Crippen LogP contribution >= 0.6 is 15.9 Å². The van der Waals surface area contributed by atoms with Crippen LogP contribution < -0.4 is 11.3 Å². The number of nitrogens with one attached hydrogen (secondary N) is 1. The van der Waals surface area contributed by atoms with Gasteiger partial charge in [-0.2, -0.15) is 5.10 Å². The second-order valence-corrected chi connectivity index (χ2v) is 5.49. The molecule has 2 rings (SSSR count). The minimum absolute atomic E-state index is 0.0730. The van der Waals surface area contributed by atoms with Crippen LogP contribution in [0.3, 0.4) is 0 Å². The fourth-order valence-corrected chi connectivity index (χ4v) is 2.71. The van der Waals surface area contributed by atoms with Crippen molar-refractivity contribution in [2.75, 3.05) is 0 Å². The molecule has 3 N–H and O–H groups in total. The molecule has 102 valence electrons. The summed E-state index contributed by atoms with van der Waals surface area (Å²) in [5.74, 6) is 5.76. The van der Waals surface area contributed by atoms with Crippen LogP contribution in [0.15, 0.2) is 28.9 Å². The molecule has 0 bridgehead atoms. The molecule has 1 unspecified atom stereocenters. The van der Waals surface area contributed by atoms with E-state index in [0.717, 1.165) is 22.3 Å². The summed E-state index contributed by atoms with van der Waals surface area (Å²) in [7, 11) is 0. The Kier molecular flexibility index (Phi) is 4.39. The molecule has 1 aromatic carbocycles. The largest absolute Gasteiger partial charge is 0.271 e. The monoisotopic (exact) mass is 322 g/mol. The topological polar surface area (TPSA) is 55.9 Å². The molecule has 0 fully saturated rings. The summed E-state index contributed by atoms with van der Waals surface area (Å²) in [4.78, 5) is 0. The van der Waals surface area contributed by atoms with Crippen LogP contribution in [-0.4, -0.2) is 9.78 Å². The van der Waals surface area contributed by atoms with Crippen molar-refractivity contribution in [3.63, 3.8) is 0 Å². The molecule has 0 radical (unpaired) electrons. The van der Waals surface area contributed by atoms with Crippen molar-refractivity contribution in [2.45, 2.75) is 33.4 Å². The third kappa shape index (κ3) is 2.73. The fraction of sp³-hybridized carbons (Fsp3) is 0.357. The van der Waals surface area contributed by atoms with Gasteiger partial charge in [0.15, 0.2) is 0 Å². The number of benzene rings is 1. The number of aryl methyl sites for hydroxylation is 3. The number of hydrazine groups is 1. The maximum Gasteiger partial charge on any atom is 0.0889 e. The lowest BCUT2D eigenvalue weighted by molar-refractivity contribution is 0.541. The molecule has 0 saturated carbocycles. The maximum atomic E-state index is 5.76. The lowest BCUT2D eigenvalue weighted by atomic mass is 9.99. The highest BCUT2D eigenvalue weighted by Crippen LogP contribution is 2.29. The Balaban J connectivity index is 2.49. The molecule has 1 aromatic heterocycles. The van der Waals surface area contributed by atoms with Crippen LogP contribution in [0, 0.1) is 13.8 Å². The molecule has 2 aromatic rings. The average molecular weight is 323 g/mol. The molecule has 0 aliphatic rings. The molecule has 5 heteroatoms. The number of hydrogen-bond acceptors (Lipinski definition) is 3. The van der Waals surface area contributed by atoms with Crippen molar-refractivity contribution in [3.8, 4) is 0 Å². The number of halogens is 1. The third-order valence-electron chi connectivity index (χ3n) is 3.44. The second kappa shape index (κ2) is 5.86. The van der Waals surface area contributed by atoms with Crippen LogP contribution in [0.5, 0.6) is 0 Å². The van der Waals surface area contributed by atoms with E-state index in [4.69, 9.17) is 5.84 Å². The van der Waals surface area contributed by atoms with Gasteiger partial charge in [-0.25, -0.2) is 5.43 Å². The van der Waals surface area contributed by atoms with Gasteiger partial charge in [-0.05, 0) is 53.4 Å². The van der Waals surface area contributed by atoms with Gasteiger partial charge in [0.25, 0.3) is 0 Å². The highest BCUT2D eigenvalue weighted by molar-refractivity contribution is 9.10. The van der Waals surface area contributed by atoms with Gasteiger partial charge in [-0.1, -0.05) is 18.2 Å². The summed E-state index contributed by atoms with van der Waals surface area (Å²) in [5.41, 5.74) is 7.62. The molecule has 1 heterocycles. The van der Waals surface area contributed by atoms with Crippen molar-refractivity contribution >= 4 is 15.9 Å². The quantitative estimate of drug-likeness (QED) is 0.672. The Labute approximate surface area is 122 Å². The van der Waals surface area contributed by atoms with Gasteiger partial charge in [-0.3, -0.25) is 10.5 Å². The first-order chi connectivity index (χ1) is 9.08. The standard InChI is InChI=1S/C14H19BrN4/c1-4-19-14(12(15)8-17-19)13(18-16)11-6-5-9(2)10(3)7-11/h5-8,13,18H,4,16H2,1-3H3. The van der Waals surface area contributed by atoms with Gasteiger partial charge in [0.1, 0.15) is 0 Å². The zero-order valence-electron chi connectivity index (χ0n) is 11.4.